The zero-order chi connectivity index (χ0) is 17.2. The summed E-state index contributed by atoms with van der Waals surface area (Å²) >= 11 is 0. The van der Waals surface area contributed by atoms with Crippen molar-refractivity contribution in [3.8, 4) is 0 Å². The summed E-state index contributed by atoms with van der Waals surface area (Å²) < 4.78 is 44.9. The SMILES string of the molecule is CC(C)(C)OC(=O)NC1CCC(Nc2cc(F)c(F)cc2F)C1. The number of nitrogens with one attached hydrogen (secondary N) is 2. The van der Waals surface area contributed by atoms with Crippen LogP contribution in [0.5, 0.6) is 0 Å². The number of amides is 1. The van der Waals surface area contributed by atoms with Crippen LogP contribution in [0.15, 0.2) is 12.1 Å². The number of rotatable bonds is 3. The first kappa shape index (κ1) is 17.4. The highest BCUT2D eigenvalue weighted by Crippen LogP contribution is 2.26. The quantitative estimate of drug-likeness (QED) is 0.825. The fourth-order valence-corrected chi connectivity index (χ4v) is 2.57. The van der Waals surface area contributed by atoms with Crippen LogP contribution in [0.1, 0.15) is 40.0 Å². The Bertz CT molecular complexity index is 587. The molecule has 7 heteroatoms. The fraction of sp³-hybridized carbons (Fsp3) is 0.562. The van der Waals surface area contributed by atoms with Crippen LogP contribution in [0.2, 0.25) is 0 Å². The van der Waals surface area contributed by atoms with Gasteiger partial charge in [0.05, 0.1) is 5.69 Å². The molecule has 1 aromatic carbocycles. The highest BCUT2D eigenvalue weighted by molar-refractivity contribution is 5.68. The summed E-state index contributed by atoms with van der Waals surface area (Å²) in [4.78, 5) is 11.7. The highest BCUT2D eigenvalue weighted by Gasteiger charge is 2.28. The zero-order valence-electron chi connectivity index (χ0n) is 13.4. The molecule has 0 aromatic heterocycles. The predicted molar refractivity (Wildman–Crippen MR) is 80.7 cm³/mol. The van der Waals surface area contributed by atoms with Crippen LogP contribution in [0.4, 0.5) is 23.7 Å². The number of ether oxygens (including phenoxy) is 1. The summed E-state index contributed by atoms with van der Waals surface area (Å²) in [6, 6.07) is 1.09. The van der Waals surface area contributed by atoms with Crippen molar-refractivity contribution < 1.29 is 22.7 Å². The number of hydrogen-bond acceptors (Lipinski definition) is 3. The monoisotopic (exact) mass is 330 g/mol. The Hall–Kier alpha value is -1.92. The average molecular weight is 330 g/mol. The van der Waals surface area contributed by atoms with Gasteiger partial charge in [-0.3, -0.25) is 0 Å². The first-order valence-corrected chi connectivity index (χ1v) is 7.54. The Morgan fingerprint density at radius 2 is 1.70 bits per heavy atom. The maximum Gasteiger partial charge on any atom is 0.407 e. The second-order valence-electron chi connectivity index (χ2n) is 6.74. The molecule has 128 valence electrons. The number of carbonyl (C=O) groups is 1. The van der Waals surface area contributed by atoms with Gasteiger partial charge in [0.1, 0.15) is 11.4 Å². The van der Waals surface area contributed by atoms with Crippen molar-refractivity contribution in [2.75, 3.05) is 5.32 Å². The first-order valence-electron chi connectivity index (χ1n) is 7.54. The molecule has 23 heavy (non-hydrogen) atoms. The average Bonchev–Trinajstić information content (AvgIpc) is 2.80. The van der Waals surface area contributed by atoms with Gasteiger partial charge in [0.15, 0.2) is 11.6 Å². The second kappa shape index (κ2) is 6.68. The number of alkyl carbamates (subject to hydrolysis) is 1. The Labute approximate surface area is 133 Å². The van der Waals surface area contributed by atoms with Crippen LogP contribution in [-0.4, -0.2) is 23.8 Å². The van der Waals surface area contributed by atoms with E-state index in [-0.39, 0.29) is 17.8 Å². The normalized spacial score (nSPS) is 21.1. The molecule has 0 heterocycles. The van der Waals surface area contributed by atoms with Gasteiger partial charge in [0.2, 0.25) is 0 Å². The van der Waals surface area contributed by atoms with Gasteiger partial charge in [-0.15, -0.1) is 0 Å². The Morgan fingerprint density at radius 1 is 1.09 bits per heavy atom. The van der Waals surface area contributed by atoms with Gasteiger partial charge in [0, 0.05) is 24.2 Å². The molecule has 0 bridgehead atoms. The number of carbonyl (C=O) groups excluding carboxylic acids is 1. The smallest absolute Gasteiger partial charge is 0.407 e. The molecule has 1 saturated carbocycles. The Kier molecular flexibility index (Phi) is 5.06. The van der Waals surface area contributed by atoms with E-state index >= 15 is 0 Å². The Balaban J connectivity index is 1.89. The summed E-state index contributed by atoms with van der Waals surface area (Å²) in [6.45, 7) is 5.33. The van der Waals surface area contributed by atoms with Gasteiger partial charge >= 0.3 is 6.09 Å². The van der Waals surface area contributed by atoms with E-state index in [0.29, 0.717) is 25.3 Å². The summed E-state index contributed by atoms with van der Waals surface area (Å²) in [7, 11) is 0. The summed E-state index contributed by atoms with van der Waals surface area (Å²) in [5, 5.41) is 5.61. The van der Waals surface area contributed by atoms with E-state index in [1.807, 2.05) is 0 Å². The minimum Gasteiger partial charge on any atom is -0.444 e. The number of halogens is 3. The molecule has 2 atom stereocenters. The molecule has 2 unspecified atom stereocenters. The lowest BCUT2D eigenvalue weighted by molar-refractivity contribution is 0.0505. The summed E-state index contributed by atoms with van der Waals surface area (Å²) in [5.41, 5.74) is -0.651. The Morgan fingerprint density at radius 3 is 2.35 bits per heavy atom. The van der Waals surface area contributed by atoms with Crippen LogP contribution in [0.25, 0.3) is 0 Å². The third-order valence-electron chi connectivity index (χ3n) is 3.52. The van der Waals surface area contributed by atoms with Crippen molar-refractivity contribution in [2.24, 2.45) is 0 Å². The summed E-state index contributed by atoms with van der Waals surface area (Å²) in [6.07, 6.45) is 1.43. The lowest BCUT2D eigenvalue weighted by Gasteiger charge is -2.22. The number of hydrogen-bond donors (Lipinski definition) is 2. The van der Waals surface area contributed by atoms with E-state index in [1.54, 1.807) is 20.8 Å². The summed E-state index contributed by atoms with van der Waals surface area (Å²) in [5.74, 6) is -3.16. The van der Waals surface area contributed by atoms with E-state index in [4.69, 9.17) is 4.74 Å². The maximum absolute atomic E-state index is 13.6. The fourth-order valence-electron chi connectivity index (χ4n) is 2.57. The molecule has 0 spiro atoms. The van der Waals surface area contributed by atoms with Gasteiger partial charge in [-0.25, -0.2) is 18.0 Å². The molecular weight excluding hydrogens is 309 g/mol. The van der Waals surface area contributed by atoms with E-state index in [2.05, 4.69) is 10.6 Å². The molecular formula is C16H21F3N2O2. The van der Waals surface area contributed by atoms with Crippen LogP contribution >= 0.6 is 0 Å². The van der Waals surface area contributed by atoms with Crippen molar-refractivity contribution in [1.82, 2.24) is 5.32 Å². The van der Waals surface area contributed by atoms with Crippen molar-refractivity contribution in [2.45, 2.75) is 57.7 Å². The number of benzene rings is 1. The zero-order valence-corrected chi connectivity index (χ0v) is 13.4. The third-order valence-corrected chi connectivity index (χ3v) is 3.52. The van der Waals surface area contributed by atoms with E-state index in [0.717, 1.165) is 6.07 Å². The van der Waals surface area contributed by atoms with Crippen LogP contribution in [0, 0.1) is 17.5 Å². The molecule has 4 nitrogen and oxygen atoms in total. The van der Waals surface area contributed by atoms with Crippen molar-refractivity contribution in [1.29, 1.82) is 0 Å². The van der Waals surface area contributed by atoms with Crippen molar-refractivity contribution in [3.63, 3.8) is 0 Å². The minimum absolute atomic E-state index is 0.0770. The highest BCUT2D eigenvalue weighted by atomic mass is 19.2. The van der Waals surface area contributed by atoms with Gasteiger partial charge in [0.25, 0.3) is 0 Å². The standard InChI is InChI=1S/C16H21F3N2O2/c1-16(2,3)23-15(22)21-10-5-4-9(6-10)20-14-8-12(18)11(17)7-13(14)19/h7-10,20H,4-6H2,1-3H3,(H,21,22). The van der Waals surface area contributed by atoms with E-state index < -0.39 is 29.1 Å². The first-order chi connectivity index (χ1) is 10.6. The lowest BCUT2D eigenvalue weighted by atomic mass is 10.2. The molecule has 0 saturated heterocycles. The number of anilines is 1. The molecule has 1 aliphatic rings. The molecule has 1 aromatic rings. The van der Waals surface area contributed by atoms with E-state index in [9.17, 15) is 18.0 Å². The van der Waals surface area contributed by atoms with Crippen molar-refractivity contribution in [3.05, 3.63) is 29.6 Å². The molecule has 2 N–H and O–H groups in total. The molecule has 2 rings (SSSR count). The van der Waals surface area contributed by atoms with E-state index in [1.165, 1.54) is 0 Å². The maximum atomic E-state index is 13.6. The third kappa shape index (κ3) is 5.04. The van der Waals surface area contributed by atoms with Gasteiger partial charge in [-0.05, 0) is 40.0 Å². The van der Waals surface area contributed by atoms with Gasteiger partial charge in [-0.2, -0.15) is 0 Å². The minimum atomic E-state index is -1.22. The van der Waals surface area contributed by atoms with Crippen LogP contribution in [-0.2, 0) is 4.74 Å². The molecule has 1 amide bonds. The second-order valence-corrected chi connectivity index (χ2v) is 6.74. The van der Waals surface area contributed by atoms with Crippen LogP contribution < -0.4 is 10.6 Å². The lowest BCUT2D eigenvalue weighted by Crippen LogP contribution is -2.38. The molecule has 1 fully saturated rings. The van der Waals surface area contributed by atoms with Gasteiger partial charge < -0.3 is 15.4 Å². The molecule has 0 aliphatic heterocycles. The predicted octanol–water partition coefficient (Wildman–Crippen LogP) is 3.96. The molecule has 0 radical (unpaired) electrons. The van der Waals surface area contributed by atoms with Gasteiger partial charge in [-0.1, -0.05) is 0 Å². The van der Waals surface area contributed by atoms with Crippen molar-refractivity contribution >= 4 is 11.8 Å². The topological polar surface area (TPSA) is 50.4 Å². The van der Waals surface area contributed by atoms with Crippen LogP contribution in [0.3, 0.4) is 0 Å². The largest absolute Gasteiger partial charge is 0.444 e. The molecule has 1 aliphatic carbocycles.